The van der Waals surface area contributed by atoms with Crippen LogP contribution in [0.3, 0.4) is 0 Å². The Morgan fingerprint density at radius 1 is 1.04 bits per heavy atom. The summed E-state index contributed by atoms with van der Waals surface area (Å²) in [5, 5.41) is 5.57. The molecule has 150 valence electrons. The fourth-order valence-corrected chi connectivity index (χ4v) is 2.39. The SMILES string of the molecule is CC(C)CC(=O)Nc1ccc(NC(=O)N(C)CCOc2ccccc2F)cc1. The molecule has 0 spiro atoms. The lowest BCUT2D eigenvalue weighted by atomic mass is 10.1. The molecule has 6 nitrogen and oxygen atoms in total. The smallest absolute Gasteiger partial charge is 0.321 e. The molecule has 2 rings (SSSR count). The van der Waals surface area contributed by atoms with Crippen LogP contribution in [0.1, 0.15) is 20.3 Å². The number of para-hydroxylation sites is 1. The lowest BCUT2D eigenvalue weighted by Gasteiger charge is -2.18. The number of likely N-dealkylation sites (N-methyl/N-ethyl adjacent to an activating group) is 1. The van der Waals surface area contributed by atoms with Crippen LogP contribution in [0, 0.1) is 11.7 Å². The Balaban J connectivity index is 1.78. The summed E-state index contributed by atoms with van der Waals surface area (Å²) in [7, 11) is 1.63. The Kier molecular flexibility index (Phi) is 7.80. The van der Waals surface area contributed by atoms with Gasteiger partial charge in [0.1, 0.15) is 6.61 Å². The Labute approximate surface area is 164 Å². The maximum atomic E-state index is 13.5. The summed E-state index contributed by atoms with van der Waals surface area (Å²) in [4.78, 5) is 25.4. The van der Waals surface area contributed by atoms with Crippen LogP contribution in [-0.4, -0.2) is 37.0 Å². The third-order valence-corrected chi connectivity index (χ3v) is 3.88. The normalized spacial score (nSPS) is 10.5. The quantitative estimate of drug-likeness (QED) is 0.707. The van der Waals surface area contributed by atoms with Crippen molar-refractivity contribution in [3.05, 3.63) is 54.3 Å². The van der Waals surface area contributed by atoms with Gasteiger partial charge >= 0.3 is 6.03 Å². The second-order valence-electron chi connectivity index (χ2n) is 6.85. The molecule has 0 heterocycles. The minimum absolute atomic E-state index is 0.0404. The van der Waals surface area contributed by atoms with Gasteiger partial charge in [0.2, 0.25) is 5.91 Å². The first-order valence-electron chi connectivity index (χ1n) is 9.14. The van der Waals surface area contributed by atoms with Crippen molar-refractivity contribution in [2.24, 2.45) is 5.92 Å². The summed E-state index contributed by atoms with van der Waals surface area (Å²) in [6, 6.07) is 12.7. The van der Waals surface area contributed by atoms with Crippen LogP contribution >= 0.6 is 0 Å². The van der Waals surface area contributed by atoms with Gasteiger partial charge in [-0.15, -0.1) is 0 Å². The summed E-state index contributed by atoms with van der Waals surface area (Å²) in [6.45, 7) is 4.43. The molecule has 0 aliphatic carbocycles. The molecule has 0 aliphatic rings. The monoisotopic (exact) mass is 387 g/mol. The van der Waals surface area contributed by atoms with E-state index in [-0.39, 0.29) is 30.2 Å². The van der Waals surface area contributed by atoms with E-state index in [9.17, 15) is 14.0 Å². The van der Waals surface area contributed by atoms with Crippen molar-refractivity contribution in [3.8, 4) is 5.75 Å². The Hall–Kier alpha value is -3.09. The van der Waals surface area contributed by atoms with E-state index in [1.165, 1.54) is 17.0 Å². The van der Waals surface area contributed by atoms with Gasteiger partial charge in [-0.3, -0.25) is 4.79 Å². The highest BCUT2D eigenvalue weighted by Gasteiger charge is 2.10. The van der Waals surface area contributed by atoms with E-state index in [2.05, 4.69) is 10.6 Å². The average molecular weight is 387 g/mol. The predicted molar refractivity (Wildman–Crippen MR) is 108 cm³/mol. The number of urea groups is 1. The van der Waals surface area contributed by atoms with Crippen LogP contribution in [-0.2, 0) is 4.79 Å². The van der Waals surface area contributed by atoms with Crippen molar-refractivity contribution in [1.82, 2.24) is 4.90 Å². The van der Waals surface area contributed by atoms with Crippen molar-refractivity contribution >= 4 is 23.3 Å². The molecule has 3 amide bonds. The highest BCUT2D eigenvalue weighted by Crippen LogP contribution is 2.16. The molecule has 0 saturated carbocycles. The summed E-state index contributed by atoms with van der Waals surface area (Å²) in [5.74, 6) is -0.0283. The first-order valence-corrected chi connectivity index (χ1v) is 9.14. The third kappa shape index (κ3) is 6.90. The zero-order chi connectivity index (χ0) is 20.5. The van der Waals surface area contributed by atoms with Gasteiger partial charge in [-0.05, 0) is 42.3 Å². The minimum atomic E-state index is -0.435. The number of nitrogens with one attached hydrogen (secondary N) is 2. The topological polar surface area (TPSA) is 70.7 Å². The first-order chi connectivity index (χ1) is 13.3. The third-order valence-electron chi connectivity index (χ3n) is 3.88. The van der Waals surface area contributed by atoms with Gasteiger partial charge in [0, 0.05) is 24.8 Å². The molecule has 0 saturated heterocycles. The van der Waals surface area contributed by atoms with Crippen LogP contribution in [0.25, 0.3) is 0 Å². The van der Waals surface area contributed by atoms with E-state index in [0.29, 0.717) is 24.3 Å². The van der Waals surface area contributed by atoms with Gasteiger partial charge in [0.15, 0.2) is 11.6 Å². The lowest BCUT2D eigenvalue weighted by Crippen LogP contribution is -2.34. The number of hydrogen-bond acceptors (Lipinski definition) is 3. The van der Waals surface area contributed by atoms with Gasteiger partial charge in [0.05, 0.1) is 6.54 Å². The number of nitrogens with zero attached hydrogens (tertiary/aromatic N) is 1. The zero-order valence-electron chi connectivity index (χ0n) is 16.4. The maximum absolute atomic E-state index is 13.5. The molecule has 0 fully saturated rings. The minimum Gasteiger partial charge on any atom is -0.489 e. The van der Waals surface area contributed by atoms with Gasteiger partial charge in [0.25, 0.3) is 0 Å². The molecule has 0 radical (unpaired) electrons. The molecule has 0 aromatic heterocycles. The average Bonchev–Trinajstić information content (AvgIpc) is 2.64. The number of ether oxygens (including phenoxy) is 1. The predicted octanol–water partition coefficient (Wildman–Crippen LogP) is 4.35. The molecule has 0 bridgehead atoms. The molecular weight excluding hydrogens is 361 g/mol. The number of carbonyl (C=O) groups excluding carboxylic acids is 2. The number of carbonyl (C=O) groups is 2. The fourth-order valence-electron chi connectivity index (χ4n) is 2.39. The van der Waals surface area contributed by atoms with E-state index in [4.69, 9.17) is 4.74 Å². The second kappa shape index (κ2) is 10.3. The lowest BCUT2D eigenvalue weighted by molar-refractivity contribution is -0.116. The van der Waals surface area contributed by atoms with Crippen molar-refractivity contribution in [2.75, 3.05) is 30.8 Å². The Morgan fingerprint density at radius 2 is 1.64 bits per heavy atom. The second-order valence-corrected chi connectivity index (χ2v) is 6.85. The summed E-state index contributed by atoms with van der Waals surface area (Å²) < 4.78 is 18.8. The summed E-state index contributed by atoms with van der Waals surface area (Å²) in [6.07, 6.45) is 0.457. The van der Waals surface area contributed by atoms with Crippen LogP contribution in [0.2, 0.25) is 0 Å². The first kappa shape index (κ1) is 21.2. The Bertz CT molecular complexity index is 794. The van der Waals surface area contributed by atoms with Crippen molar-refractivity contribution in [3.63, 3.8) is 0 Å². The molecule has 0 aliphatic heterocycles. The van der Waals surface area contributed by atoms with E-state index in [0.717, 1.165) is 0 Å². The molecule has 2 N–H and O–H groups in total. The van der Waals surface area contributed by atoms with Gasteiger partial charge in [-0.1, -0.05) is 26.0 Å². The highest BCUT2D eigenvalue weighted by atomic mass is 19.1. The maximum Gasteiger partial charge on any atom is 0.321 e. The van der Waals surface area contributed by atoms with E-state index < -0.39 is 5.82 Å². The molecule has 2 aromatic carbocycles. The number of hydrogen-bond donors (Lipinski definition) is 2. The number of anilines is 2. The molecule has 2 aromatic rings. The van der Waals surface area contributed by atoms with Gasteiger partial charge in [-0.2, -0.15) is 0 Å². The largest absolute Gasteiger partial charge is 0.489 e. The Morgan fingerprint density at radius 3 is 2.25 bits per heavy atom. The summed E-state index contributed by atoms with van der Waals surface area (Å²) >= 11 is 0. The molecule has 0 unspecified atom stereocenters. The van der Waals surface area contributed by atoms with E-state index >= 15 is 0 Å². The van der Waals surface area contributed by atoms with E-state index in [1.54, 1.807) is 43.4 Å². The molecular formula is C21H26FN3O3. The fraction of sp³-hybridized carbons (Fsp3) is 0.333. The molecule has 7 heteroatoms. The number of amides is 3. The highest BCUT2D eigenvalue weighted by molar-refractivity contribution is 5.92. The van der Waals surface area contributed by atoms with Crippen LogP contribution in [0.15, 0.2) is 48.5 Å². The van der Waals surface area contributed by atoms with Crippen molar-refractivity contribution in [1.29, 1.82) is 0 Å². The van der Waals surface area contributed by atoms with Gasteiger partial charge in [-0.25, -0.2) is 9.18 Å². The molecule has 0 atom stereocenters. The summed E-state index contributed by atoms with van der Waals surface area (Å²) in [5.41, 5.74) is 1.28. The van der Waals surface area contributed by atoms with E-state index in [1.807, 2.05) is 13.8 Å². The number of rotatable bonds is 8. The van der Waals surface area contributed by atoms with Crippen molar-refractivity contribution in [2.45, 2.75) is 20.3 Å². The van der Waals surface area contributed by atoms with Crippen LogP contribution < -0.4 is 15.4 Å². The standard InChI is InChI=1S/C21H26FN3O3/c1-15(2)14-20(26)23-16-8-10-17(11-9-16)24-21(27)25(3)12-13-28-19-7-5-4-6-18(19)22/h4-11,15H,12-14H2,1-3H3,(H,23,26)(H,24,27). The molecule has 28 heavy (non-hydrogen) atoms. The number of halogens is 1. The zero-order valence-corrected chi connectivity index (χ0v) is 16.4. The number of benzene rings is 2. The van der Waals surface area contributed by atoms with Crippen LogP contribution in [0.5, 0.6) is 5.75 Å². The van der Waals surface area contributed by atoms with Crippen LogP contribution in [0.4, 0.5) is 20.6 Å². The van der Waals surface area contributed by atoms with Crippen molar-refractivity contribution < 1.29 is 18.7 Å². The van der Waals surface area contributed by atoms with Gasteiger partial charge < -0.3 is 20.3 Å².